The van der Waals surface area contributed by atoms with Crippen molar-refractivity contribution in [2.75, 3.05) is 6.61 Å². The van der Waals surface area contributed by atoms with E-state index in [0.717, 1.165) is 19.3 Å². The summed E-state index contributed by atoms with van der Waals surface area (Å²) in [4.78, 5) is 24.7. The highest BCUT2D eigenvalue weighted by Crippen LogP contribution is 2.57. The van der Waals surface area contributed by atoms with Crippen LogP contribution in [0.4, 0.5) is 0 Å². The molecule has 0 radical (unpaired) electrons. The number of carbonyl (C=O) groups excluding carboxylic acids is 2. The molecule has 2 fully saturated rings. The first-order chi connectivity index (χ1) is 13.0. The molecule has 27 heavy (non-hydrogen) atoms. The summed E-state index contributed by atoms with van der Waals surface area (Å²) in [6, 6.07) is 18.2. The van der Waals surface area contributed by atoms with Gasteiger partial charge in [0.05, 0.1) is 17.7 Å². The van der Waals surface area contributed by atoms with Crippen molar-refractivity contribution in [2.45, 2.75) is 32.3 Å². The highest BCUT2D eigenvalue weighted by Gasteiger charge is 2.55. The monoisotopic (exact) mass is 364 g/mol. The highest BCUT2D eigenvalue weighted by atomic mass is 16.5. The van der Waals surface area contributed by atoms with Gasteiger partial charge in [-0.3, -0.25) is 0 Å². The van der Waals surface area contributed by atoms with Crippen LogP contribution >= 0.6 is 0 Å². The Balaban J connectivity index is 1.39. The zero-order valence-corrected chi connectivity index (χ0v) is 15.5. The minimum Gasteiger partial charge on any atom is -0.462 e. The van der Waals surface area contributed by atoms with E-state index < -0.39 is 0 Å². The largest absolute Gasteiger partial charge is 0.462 e. The minimum absolute atomic E-state index is 0.100. The fourth-order valence-electron chi connectivity index (χ4n) is 4.77. The van der Waals surface area contributed by atoms with E-state index in [2.05, 4.69) is 6.92 Å². The van der Waals surface area contributed by atoms with Crippen molar-refractivity contribution in [2.24, 2.45) is 17.3 Å². The standard InChI is InChI=1S/C23H24O4/c1-23(15-26-21(24)17-8-4-2-5-9-17)14-16-12-19(23)20(13-16)27-22(25)18-10-6-3-7-11-18/h2-11,16,19-20H,12-15H2,1H3/t16-,19+,20+,23-/m1/s1. The van der Waals surface area contributed by atoms with Crippen LogP contribution in [0.5, 0.6) is 0 Å². The maximum Gasteiger partial charge on any atom is 0.338 e. The summed E-state index contributed by atoms with van der Waals surface area (Å²) in [5.41, 5.74) is 1.00. The van der Waals surface area contributed by atoms with Crippen LogP contribution in [0, 0.1) is 17.3 Å². The van der Waals surface area contributed by atoms with Gasteiger partial charge in [-0.25, -0.2) is 9.59 Å². The molecule has 2 aliphatic carbocycles. The lowest BCUT2D eigenvalue weighted by Gasteiger charge is -2.37. The van der Waals surface area contributed by atoms with Crippen molar-refractivity contribution in [1.82, 2.24) is 0 Å². The first-order valence-electron chi connectivity index (χ1n) is 9.53. The van der Waals surface area contributed by atoms with Gasteiger partial charge in [0.15, 0.2) is 0 Å². The number of hydrogen-bond donors (Lipinski definition) is 0. The van der Waals surface area contributed by atoms with Gasteiger partial charge < -0.3 is 9.47 Å². The van der Waals surface area contributed by atoms with Gasteiger partial charge in [0.2, 0.25) is 0 Å². The fraction of sp³-hybridized carbons (Fsp3) is 0.391. The molecule has 0 unspecified atom stereocenters. The Morgan fingerprint density at radius 1 is 0.926 bits per heavy atom. The number of esters is 2. The van der Waals surface area contributed by atoms with E-state index in [9.17, 15) is 9.59 Å². The van der Waals surface area contributed by atoms with E-state index in [-0.39, 0.29) is 29.4 Å². The second-order valence-corrected chi connectivity index (χ2v) is 8.05. The van der Waals surface area contributed by atoms with Crippen LogP contribution in [0.25, 0.3) is 0 Å². The first kappa shape index (κ1) is 17.8. The van der Waals surface area contributed by atoms with Crippen LogP contribution in [0.1, 0.15) is 46.9 Å². The van der Waals surface area contributed by atoms with E-state index in [0.29, 0.717) is 23.7 Å². The van der Waals surface area contributed by atoms with Gasteiger partial charge in [-0.05, 0) is 49.4 Å². The number of rotatable bonds is 5. The number of ether oxygens (including phenoxy) is 2. The Bertz CT molecular complexity index is 817. The van der Waals surface area contributed by atoms with Gasteiger partial charge in [-0.15, -0.1) is 0 Å². The molecule has 0 N–H and O–H groups in total. The molecule has 2 aromatic carbocycles. The molecule has 2 aromatic rings. The third-order valence-electron chi connectivity index (χ3n) is 6.06. The van der Waals surface area contributed by atoms with Gasteiger partial charge in [0.25, 0.3) is 0 Å². The van der Waals surface area contributed by atoms with Crippen molar-refractivity contribution in [3.8, 4) is 0 Å². The SMILES string of the molecule is C[C@]1(COC(=O)c2ccccc2)C[C@H]2C[C@H](OC(=O)c3ccccc3)[C@@H]1C2. The molecule has 4 heteroatoms. The van der Waals surface area contributed by atoms with Crippen LogP contribution in [-0.2, 0) is 9.47 Å². The zero-order valence-electron chi connectivity index (χ0n) is 15.5. The molecule has 4 nitrogen and oxygen atoms in total. The summed E-state index contributed by atoms with van der Waals surface area (Å²) < 4.78 is 11.5. The molecule has 0 saturated heterocycles. The number of hydrogen-bond acceptors (Lipinski definition) is 4. The maximum atomic E-state index is 12.4. The van der Waals surface area contributed by atoms with Crippen molar-refractivity contribution in [3.05, 3.63) is 71.8 Å². The average Bonchev–Trinajstić information content (AvgIpc) is 3.24. The molecule has 2 saturated carbocycles. The smallest absolute Gasteiger partial charge is 0.338 e. The van der Waals surface area contributed by atoms with Crippen LogP contribution < -0.4 is 0 Å². The lowest BCUT2D eigenvalue weighted by Crippen LogP contribution is -2.40. The van der Waals surface area contributed by atoms with Crippen LogP contribution in [0.2, 0.25) is 0 Å². The Morgan fingerprint density at radius 2 is 1.52 bits per heavy atom. The van der Waals surface area contributed by atoms with Crippen molar-refractivity contribution >= 4 is 11.9 Å². The second kappa shape index (κ2) is 7.18. The summed E-state index contributed by atoms with van der Waals surface area (Å²) in [6.07, 6.45) is 2.85. The van der Waals surface area contributed by atoms with Crippen LogP contribution in [-0.4, -0.2) is 24.6 Å². The van der Waals surface area contributed by atoms with Gasteiger partial charge >= 0.3 is 11.9 Å². The fourth-order valence-corrected chi connectivity index (χ4v) is 4.77. The topological polar surface area (TPSA) is 52.6 Å². The van der Waals surface area contributed by atoms with Crippen LogP contribution in [0.15, 0.2) is 60.7 Å². The molecule has 0 spiro atoms. The molecule has 4 atom stereocenters. The molecular formula is C23H24O4. The van der Waals surface area contributed by atoms with Crippen molar-refractivity contribution in [3.63, 3.8) is 0 Å². The predicted octanol–water partition coefficient (Wildman–Crippen LogP) is 4.51. The van der Waals surface area contributed by atoms with Crippen LogP contribution in [0.3, 0.4) is 0 Å². The summed E-state index contributed by atoms with van der Waals surface area (Å²) >= 11 is 0. The Kier molecular flexibility index (Phi) is 4.73. The molecular weight excluding hydrogens is 340 g/mol. The van der Waals surface area contributed by atoms with Crippen molar-refractivity contribution < 1.29 is 19.1 Å². The summed E-state index contributed by atoms with van der Waals surface area (Å²) in [6.45, 7) is 2.51. The minimum atomic E-state index is -0.294. The first-order valence-corrected chi connectivity index (χ1v) is 9.53. The molecule has 2 aliphatic rings. The third-order valence-corrected chi connectivity index (χ3v) is 6.06. The third kappa shape index (κ3) is 3.61. The summed E-state index contributed by atoms with van der Waals surface area (Å²) in [5.74, 6) is 0.206. The molecule has 0 aliphatic heterocycles. The van der Waals surface area contributed by atoms with Gasteiger partial charge in [-0.2, -0.15) is 0 Å². The lowest BCUT2D eigenvalue weighted by atomic mass is 9.74. The average molecular weight is 364 g/mol. The quantitative estimate of drug-likeness (QED) is 0.733. The second-order valence-electron chi connectivity index (χ2n) is 8.05. The van der Waals surface area contributed by atoms with Gasteiger partial charge in [-0.1, -0.05) is 43.3 Å². The molecule has 0 amide bonds. The molecule has 140 valence electrons. The van der Waals surface area contributed by atoms with E-state index in [1.807, 2.05) is 36.4 Å². The normalized spacial score (nSPS) is 28.7. The van der Waals surface area contributed by atoms with E-state index in [1.54, 1.807) is 24.3 Å². The van der Waals surface area contributed by atoms with Gasteiger partial charge in [0.1, 0.15) is 6.10 Å². The Labute approximate surface area is 159 Å². The van der Waals surface area contributed by atoms with Gasteiger partial charge in [0, 0.05) is 11.3 Å². The number of benzene rings is 2. The molecule has 2 bridgehead atoms. The molecule has 0 aromatic heterocycles. The Hall–Kier alpha value is -2.62. The number of fused-ring (bicyclic) bond motifs is 2. The van der Waals surface area contributed by atoms with E-state index >= 15 is 0 Å². The van der Waals surface area contributed by atoms with Crippen molar-refractivity contribution in [1.29, 1.82) is 0 Å². The lowest BCUT2D eigenvalue weighted by molar-refractivity contribution is -0.0354. The highest BCUT2D eigenvalue weighted by molar-refractivity contribution is 5.89. The maximum absolute atomic E-state index is 12.4. The molecule has 4 rings (SSSR count). The Morgan fingerprint density at radius 3 is 2.11 bits per heavy atom. The summed E-state index contributed by atoms with van der Waals surface area (Å²) in [7, 11) is 0. The summed E-state index contributed by atoms with van der Waals surface area (Å²) in [5, 5.41) is 0. The van der Waals surface area contributed by atoms with E-state index in [1.165, 1.54) is 0 Å². The number of carbonyl (C=O) groups is 2. The zero-order chi connectivity index (χ0) is 18.9. The predicted molar refractivity (Wildman–Crippen MR) is 101 cm³/mol. The molecule has 0 heterocycles. The van der Waals surface area contributed by atoms with E-state index in [4.69, 9.17) is 9.47 Å².